The lowest BCUT2D eigenvalue weighted by molar-refractivity contribution is -0.141. The second-order valence-corrected chi connectivity index (χ2v) is 8.63. The second kappa shape index (κ2) is 9.06. The highest BCUT2D eigenvalue weighted by Gasteiger charge is 2.35. The van der Waals surface area contributed by atoms with Gasteiger partial charge in [-0.05, 0) is 63.1 Å². The van der Waals surface area contributed by atoms with Crippen LogP contribution in [0.4, 0.5) is 24.8 Å². The second-order valence-electron chi connectivity index (χ2n) is 8.63. The van der Waals surface area contributed by atoms with E-state index in [0.29, 0.717) is 16.8 Å². The summed E-state index contributed by atoms with van der Waals surface area (Å²) in [7, 11) is 1.48. The van der Waals surface area contributed by atoms with Gasteiger partial charge in [-0.3, -0.25) is 9.59 Å². The highest BCUT2D eigenvalue weighted by atomic mass is 19.4. The Morgan fingerprint density at radius 2 is 1.69 bits per heavy atom. The number of nitrogens with zero attached hydrogens (tertiary/aromatic N) is 5. The van der Waals surface area contributed by atoms with Crippen molar-refractivity contribution in [2.45, 2.75) is 33.9 Å². The Morgan fingerprint density at radius 3 is 2.28 bits per heavy atom. The van der Waals surface area contributed by atoms with E-state index in [1.165, 1.54) is 43.9 Å². The van der Waals surface area contributed by atoms with Crippen molar-refractivity contribution in [3.8, 4) is 16.9 Å². The molecular formula is C25H23F3N6O2. The van der Waals surface area contributed by atoms with Gasteiger partial charge in [-0.25, -0.2) is 9.67 Å². The fraction of sp³-hybridized carbons (Fsp3) is 0.240. The molecule has 1 N–H and O–H groups in total. The SMILES string of the molecule is CC(=O)c1cc(-c2cnc(Nc3cc(C)cc(C)c3)nc2-n2nc(C(F)(F)F)cc2C)cn(C)c1=O. The Morgan fingerprint density at radius 1 is 1.03 bits per heavy atom. The topological polar surface area (TPSA) is 94.7 Å². The Hall–Kier alpha value is -4.28. The van der Waals surface area contributed by atoms with Crippen LogP contribution in [0.15, 0.2) is 47.5 Å². The van der Waals surface area contributed by atoms with Gasteiger partial charge in [-0.1, -0.05) is 6.07 Å². The minimum absolute atomic E-state index is 0.0537. The average molecular weight is 496 g/mol. The molecule has 0 aliphatic heterocycles. The largest absolute Gasteiger partial charge is 0.435 e. The smallest absolute Gasteiger partial charge is 0.324 e. The summed E-state index contributed by atoms with van der Waals surface area (Å²) in [6.07, 6.45) is -1.76. The van der Waals surface area contributed by atoms with E-state index in [-0.39, 0.29) is 23.0 Å². The van der Waals surface area contributed by atoms with Gasteiger partial charge < -0.3 is 9.88 Å². The van der Waals surface area contributed by atoms with Crippen molar-refractivity contribution in [3.63, 3.8) is 0 Å². The first kappa shape index (κ1) is 24.8. The number of halogens is 3. The summed E-state index contributed by atoms with van der Waals surface area (Å²) >= 11 is 0. The lowest BCUT2D eigenvalue weighted by atomic mass is 10.1. The number of hydrogen-bond donors (Lipinski definition) is 1. The van der Waals surface area contributed by atoms with Crippen molar-refractivity contribution >= 4 is 17.4 Å². The predicted molar refractivity (Wildman–Crippen MR) is 129 cm³/mol. The van der Waals surface area contributed by atoms with Crippen molar-refractivity contribution < 1.29 is 18.0 Å². The zero-order valence-corrected chi connectivity index (χ0v) is 20.2. The van der Waals surface area contributed by atoms with Crippen molar-refractivity contribution in [2.24, 2.45) is 7.05 Å². The Bertz CT molecular complexity index is 1530. The molecule has 0 aliphatic carbocycles. The zero-order chi connectivity index (χ0) is 26.4. The van der Waals surface area contributed by atoms with Crippen molar-refractivity contribution in [3.05, 3.63) is 81.2 Å². The van der Waals surface area contributed by atoms with Gasteiger partial charge in [0, 0.05) is 41.9 Å². The Labute approximate surface area is 204 Å². The fourth-order valence-corrected chi connectivity index (χ4v) is 3.91. The van der Waals surface area contributed by atoms with E-state index in [1.54, 1.807) is 0 Å². The molecule has 0 fully saturated rings. The van der Waals surface area contributed by atoms with Crippen LogP contribution in [0, 0.1) is 20.8 Å². The van der Waals surface area contributed by atoms with Gasteiger partial charge in [-0.15, -0.1) is 0 Å². The fourth-order valence-electron chi connectivity index (χ4n) is 3.91. The monoisotopic (exact) mass is 496 g/mol. The van der Waals surface area contributed by atoms with E-state index >= 15 is 0 Å². The van der Waals surface area contributed by atoms with Crippen molar-refractivity contribution in [2.75, 3.05) is 5.32 Å². The predicted octanol–water partition coefficient (Wildman–Crippen LogP) is 4.92. The Kier molecular flexibility index (Phi) is 6.25. The number of rotatable bonds is 5. The molecule has 36 heavy (non-hydrogen) atoms. The maximum absolute atomic E-state index is 13.4. The van der Waals surface area contributed by atoms with E-state index in [9.17, 15) is 22.8 Å². The van der Waals surface area contributed by atoms with Crippen LogP contribution in [0.25, 0.3) is 16.9 Å². The first-order chi connectivity index (χ1) is 16.8. The summed E-state index contributed by atoms with van der Waals surface area (Å²) in [4.78, 5) is 33.3. The highest BCUT2D eigenvalue weighted by Crippen LogP contribution is 2.32. The molecule has 8 nitrogen and oxygen atoms in total. The number of ketones is 1. The number of carbonyl (C=O) groups is 1. The molecule has 0 aliphatic rings. The number of nitrogens with one attached hydrogen (secondary N) is 1. The first-order valence-electron chi connectivity index (χ1n) is 10.9. The standard InChI is InChI=1S/C25H23F3N6O2/c1-13-6-14(2)8-18(7-13)30-24-29-11-20(17-10-19(16(4)35)23(36)33(5)12-17)22(31-24)34-15(3)9-21(32-34)25(26,27)28/h6-12H,1-5H3,(H,29,30,31). The lowest BCUT2D eigenvalue weighted by Crippen LogP contribution is -2.23. The van der Waals surface area contributed by atoms with Gasteiger partial charge in [0.15, 0.2) is 17.3 Å². The summed E-state index contributed by atoms with van der Waals surface area (Å²) in [5.41, 5.74) is 1.96. The summed E-state index contributed by atoms with van der Waals surface area (Å²) < 4.78 is 42.5. The van der Waals surface area contributed by atoms with Crippen LogP contribution in [-0.2, 0) is 13.2 Å². The normalized spacial score (nSPS) is 11.6. The van der Waals surface area contributed by atoms with Crippen molar-refractivity contribution in [1.29, 1.82) is 0 Å². The minimum atomic E-state index is -4.65. The molecule has 186 valence electrons. The average Bonchev–Trinajstić information content (AvgIpc) is 3.16. The molecule has 0 amide bonds. The van der Waals surface area contributed by atoms with Crippen LogP contribution in [-0.4, -0.2) is 30.1 Å². The van der Waals surface area contributed by atoms with Crippen LogP contribution in [0.2, 0.25) is 0 Å². The van der Waals surface area contributed by atoms with Gasteiger partial charge in [0.25, 0.3) is 5.56 Å². The van der Waals surface area contributed by atoms with Crippen LogP contribution in [0.1, 0.15) is 39.8 Å². The van der Waals surface area contributed by atoms with Crippen molar-refractivity contribution in [1.82, 2.24) is 24.3 Å². The molecule has 3 heterocycles. The Balaban J connectivity index is 1.93. The third-order valence-corrected chi connectivity index (χ3v) is 5.50. The maximum Gasteiger partial charge on any atom is 0.435 e. The summed E-state index contributed by atoms with van der Waals surface area (Å²) in [5, 5.41) is 6.84. The summed E-state index contributed by atoms with van der Waals surface area (Å²) in [6, 6.07) is 8.07. The lowest BCUT2D eigenvalue weighted by Gasteiger charge is -2.14. The number of anilines is 2. The number of hydrogen-bond acceptors (Lipinski definition) is 6. The number of alkyl halides is 3. The molecule has 4 rings (SSSR count). The third kappa shape index (κ3) is 4.90. The number of aromatic nitrogens is 5. The summed E-state index contributed by atoms with van der Waals surface area (Å²) in [5.74, 6) is -0.250. The highest BCUT2D eigenvalue weighted by molar-refractivity contribution is 5.95. The van der Waals surface area contributed by atoms with Gasteiger partial charge in [0.1, 0.15) is 0 Å². The maximum atomic E-state index is 13.4. The van der Waals surface area contributed by atoms with Gasteiger partial charge in [-0.2, -0.15) is 23.3 Å². The van der Waals surface area contributed by atoms with Crippen LogP contribution in [0.3, 0.4) is 0 Å². The number of benzene rings is 1. The van der Waals surface area contributed by atoms with E-state index < -0.39 is 23.2 Å². The van der Waals surface area contributed by atoms with Gasteiger partial charge in [0.05, 0.1) is 5.56 Å². The first-order valence-corrected chi connectivity index (χ1v) is 10.9. The third-order valence-electron chi connectivity index (χ3n) is 5.50. The number of aryl methyl sites for hydroxylation is 4. The molecule has 0 saturated carbocycles. The van der Waals surface area contributed by atoms with Gasteiger partial charge in [0.2, 0.25) is 5.95 Å². The molecule has 0 atom stereocenters. The molecule has 0 spiro atoms. The molecule has 0 radical (unpaired) electrons. The molecule has 0 bridgehead atoms. The van der Waals surface area contributed by atoms with Crippen LogP contribution < -0.4 is 10.9 Å². The molecule has 0 unspecified atom stereocenters. The molecule has 4 aromatic rings. The van der Waals surface area contributed by atoms with E-state index in [1.807, 2.05) is 32.0 Å². The number of carbonyl (C=O) groups excluding carboxylic acids is 1. The molecular weight excluding hydrogens is 473 g/mol. The van der Waals surface area contributed by atoms with Gasteiger partial charge >= 0.3 is 6.18 Å². The molecule has 1 aromatic carbocycles. The van der Waals surface area contributed by atoms with E-state index in [2.05, 4.69) is 20.4 Å². The summed E-state index contributed by atoms with van der Waals surface area (Å²) in [6.45, 7) is 6.62. The molecule has 11 heteroatoms. The molecule has 0 saturated heterocycles. The van der Waals surface area contributed by atoms with Crippen LogP contribution in [0.5, 0.6) is 0 Å². The minimum Gasteiger partial charge on any atom is -0.324 e. The van der Waals surface area contributed by atoms with E-state index in [0.717, 1.165) is 21.9 Å². The molecule has 3 aromatic heterocycles. The number of pyridine rings is 1. The van der Waals surface area contributed by atoms with E-state index in [4.69, 9.17) is 0 Å². The zero-order valence-electron chi connectivity index (χ0n) is 20.2. The quantitative estimate of drug-likeness (QED) is 0.394. The number of Topliss-reactive ketones (excluding diaryl/α,β-unsaturated/α-hetero) is 1. The van der Waals surface area contributed by atoms with Crippen LogP contribution >= 0.6 is 0 Å².